The highest BCUT2D eigenvalue weighted by atomic mass is 32.1. The number of hydrogen-bond donors (Lipinski definition) is 1. The second kappa shape index (κ2) is 7.80. The number of rotatable bonds is 5. The number of amides is 2. The Morgan fingerprint density at radius 2 is 2.08 bits per heavy atom. The predicted octanol–water partition coefficient (Wildman–Crippen LogP) is 2.74. The Balaban J connectivity index is 1.84. The molecule has 0 radical (unpaired) electrons. The molecule has 0 aliphatic carbocycles. The number of carbonyl (C=O) groups excluding carboxylic acids is 2. The van der Waals surface area contributed by atoms with Crippen LogP contribution in [0.1, 0.15) is 31.0 Å². The topological polar surface area (TPSA) is 58.6 Å². The second-order valence-corrected chi connectivity index (χ2v) is 7.11. The molecule has 0 spiro atoms. The fraction of sp³-hybridized carbons (Fsp3) is 0.368. The van der Waals surface area contributed by atoms with Crippen LogP contribution in [0, 0.1) is 0 Å². The average Bonchev–Trinajstić information content (AvgIpc) is 3.13. The third-order valence-corrected chi connectivity index (χ3v) is 5.00. The highest BCUT2D eigenvalue weighted by Gasteiger charge is 2.42. The second-order valence-electron chi connectivity index (χ2n) is 6.33. The Hall–Kier alpha value is -2.18. The Morgan fingerprint density at radius 1 is 1.32 bits per heavy atom. The lowest BCUT2D eigenvalue weighted by atomic mass is 9.95. The first-order chi connectivity index (χ1) is 12.1. The zero-order valence-electron chi connectivity index (χ0n) is 14.3. The molecule has 3 rings (SSSR count). The van der Waals surface area contributed by atoms with Crippen molar-refractivity contribution in [1.82, 2.24) is 10.2 Å². The van der Waals surface area contributed by atoms with Gasteiger partial charge in [-0.2, -0.15) is 11.3 Å². The maximum absolute atomic E-state index is 12.8. The molecule has 2 aromatic rings. The van der Waals surface area contributed by atoms with Gasteiger partial charge in [-0.25, -0.2) is 0 Å². The minimum absolute atomic E-state index is 0.0196. The van der Waals surface area contributed by atoms with Gasteiger partial charge in [0.25, 0.3) is 5.91 Å². The van der Waals surface area contributed by atoms with Crippen LogP contribution in [-0.2, 0) is 20.9 Å². The van der Waals surface area contributed by atoms with Crippen molar-refractivity contribution in [1.29, 1.82) is 0 Å². The number of thiophene rings is 1. The van der Waals surface area contributed by atoms with Crippen molar-refractivity contribution >= 4 is 23.2 Å². The van der Waals surface area contributed by atoms with E-state index in [-0.39, 0.29) is 24.5 Å². The molecule has 132 valence electrons. The van der Waals surface area contributed by atoms with Crippen LogP contribution >= 0.6 is 11.3 Å². The van der Waals surface area contributed by atoms with E-state index in [1.165, 1.54) is 0 Å². The summed E-state index contributed by atoms with van der Waals surface area (Å²) in [7, 11) is 0. The van der Waals surface area contributed by atoms with E-state index >= 15 is 0 Å². The van der Waals surface area contributed by atoms with Gasteiger partial charge in [0, 0.05) is 12.6 Å². The molecule has 1 aliphatic heterocycles. The molecule has 2 amide bonds. The van der Waals surface area contributed by atoms with Crippen molar-refractivity contribution in [3.05, 3.63) is 58.3 Å². The minimum atomic E-state index is -0.721. The van der Waals surface area contributed by atoms with Crippen molar-refractivity contribution in [2.45, 2.75) is 38.6 Å². The highest BCUT2D eigenvalue weighted by Crippen LogP contribution is 2.32. The average molecular weight is 358 g/mol. The Bertz CT molecular complexity index is 716. The van der Waals surface area contributed by atoms with Gasteiger partial charge in [-0.1, -0.05) is 30.3 Å². The molecule has 0 bridgehead atoms. The molecular weight excluding hydrogens is 336 g/mol. The van der Waals surface area contributed by atoms with Gasteiger partial charge < -0.3 is 15.0 Å². The molecule has 1 fully saturated rings. The molecular formula is C19H22N2O3S. The summed E-state index contributed by atoms with van der Waals surface area (Å²) in [5.74, 6) is -0.288. The third kappa shape index (κ3) is 3.91. The lowest BCUT2D eigenvalue weighted by Gasteiger charge is -2.42. The number of nitrogens with one attached hydrogen (secondary N) is 1. The van der Waals surface area contributed by atoms with E-state index in [9.17, 15) is 9.59 Å². The number of carbonyl (C=O) groups is 2. The van der Waals surface area contributed by atoms with Gasteiger partial charge >= 0.3 is 0 Å². The van der Waals surface area contributed by atoms with Gasteiger partial charge in [0.05, 0.1) is 6.04 Å². The Labute approximate surface area is 151 Å². The summed E-state index contributed by atoms with van der Waals surface area (Å²) in [4.78, 5) is 26.9. The third-order valence-electron chi connectivity index (χ3n) is 4.26. The molecule has 2 heterocycles. The quantitative estimate of drug-likeness (QED) is 0.894. The fourth-order valence-corrected chi connectivity index (χ4v) is 3.79. The van der Waals surface area contributed by atoms with Gasteiger partial charge in [0.1, 0.15) is 6.61 Å². The van der Waals surface area contributed by atoms with Crippen LogP contribution in [0.4, 0.5) is 0 Å². The molecule has 5 nitrogen and oxygen atoms in total. The molecule has 0 saturated carbocycles. The summed E-state index contributed by atoms with van der Waals surface area (Å²) in [6.45, 7) is 4.30. The monoisotopic (exact) mass is 358 g/mol. The predicted molar refractivity (Wildman–Crippen MR) is 97.1 cm³/mol. The molecule has 1 aliphatic rings. The number of benzene rings is 1. The van der Waals surface area contributed by atoms with Crippen LogP contribution in [0.3, 0.4) is 0 Å². The van der Waals surface area contributed by atoms with Crippen LogP contribution in [0.15, 0.2) is 47.2 Å². The van der Waals surface area contributed by atoms with Gasteiger partial charge in [-0.3, -0.25) is 9.59 Å². The maximum atomic E-state index is 12.8. The first kappa shape index (κ1) is 17.6. The van der Waals surface area contributed by atoms with Crippen molar-refractivity contribution in [3.8, 4) is 0 Å². The fourth-order valence-electron chi connectivity index (χ4n) is 3.12. The zero-order valence-corrected chi connectivity index (χ0v) is 15.2. The first-order valence-corrected chi connectivity index (χ1v) is 9.28. The zero-order chi connectivity index (χ0) is 17.8. The summed E-state index contributed by atoms with van der Waals surface area (Å²) < 4.78 is 5.67. The van der Waals surface area contributed by atoms with E-state index < -0.39 is 12.1 Å². The molecule has 1 aromatic carbocycles. The van der Waals surface area contributed by atoms with Crippen LogP contribution < -0.4 is 5.32 Å². The molecule has 1 N–H and O–H groups in total. The van der Waals surface area contributed by atoms with Gasteiger partial charge in [-0.05, 0) is 41.8 Å². The van der Waals surface area contributed by atoms with Crippen LogP contribution in [-0.4, -0.2) is 35.5 Å². The lowest BCUT2D eigenvalue weighted by Crippen LogP contribution is -2.56. The molecule has 25 heavy (non-hydrogen) atoms. The molecule has 1 saturated heterocycles. The first-order valence-electron chi connectivity index (χ1n) is 8.34. The van der Waals surface area contributed by atoms with E-state index in [4.69, 9.17) is 4.74 Å². The maximum Gasteiger partial charge on any atom is 0.251 e. The summed E-state index contributed by atoms with van der Waals surface area (Å²) in [6.07, 6.45) is -0.721. The number of hydrogen-bond acceptors (Lipinski definition) is 4. The van der Waals surface area contributed by atoms with Gasteiger partial charge in [-0.15, -0.1) is 0 Å². The smallest absolute Gasteiger partial charge is 0.251 e. The van der Waals surface area contributed by atoms with E-state index in [0.717, 1.165) is 11.1 Å². The van der Waals surface area contributed by atoms with Crippen molar-refractivity contribution in [2.24, 2.45) is 0 Å². The van der Waals surface area contributed by atoms with E-state index in [1.54, 1.807) is 16.2 Å². The highest BCUT2D eigenvalue weighted by molar-refractivity contribution is 7.07. The summed E-state index contributed by atoms with van der Waals surface area (Å²) >= 11 is 1.59. The summed E-state index contributed by atoms with van der Waals surface area (Å²) in [5.41, 5.74) is 1.96. The van der Waals surface area contributed by atoms with Crippen molar-refractivity contribution in [3.63, 3.8) is 0 Å². The lowest BCUT2D eigenvalue weighted by molar-refractivity contribution is -0.167. The molecule has 6 heteroatoms. The van der Waals surface area contributed by atoms with Crippen molar-refractivity contribution < 1.29 is 14.3 Å². The minimum Gasteiger partial charge on any atom is -0.356 e. The standard InChI is InChI=1S/C19H22N2O3S/c1-13(2)21-16(22)11-24-18(17(21)15-6-4-3-5-7-15)19(23)20-10-14-8-9-25-12-14/h3-9,12-13,17-18H,10-11H2,1-2H3,(H,20,23)/t17-,18+/m1/s1. The van der Waals surface area contributed by atoms with E-state index in [2.05, 4.69) is 5.32 Å². The summed E-state index contributed by atoms with van der Waals surface area (Å²) in [6, 6.07) is 11.1. The van der Waals surface area contributed by atoms with Crippen molar-refractivity contribution in [2.75, 3.05) is 6.61 Å². The Morgan fingerprint density at radius 3 is 2.72 bits per heavy atom. The number of ether oxygens (including phenoxy) is 1. The molecule has 2 atom stereocenters. The SMILES string of the molecule is CC(C)N1C(=O)CO[C@H](C(=O)NCc2ccsc2)[C@H]1c1ccccc1. The Kier molecular flexibility index (Phi) is 5.50. The summed E-state index contributed by atoms with van der Waals surface area (Å²) in [5, 5.41) is 6.91. The molecule has 1 aromatic heterocycles. The van der Waals surface area contributed by atoms with Gasteiger partial charge in [0.2, 0.25) is 5.91 Å². The number of nitrogens with zero attached hydrogens (tertiary/aromatic N) is 1. The number of morpholine rings is 1. The van der Waals surface area contributed by atoms with Crippen LogP contribution in [0.25, 0.3) is 0 Å². The van der Waals surface area contributed by atoms with Crippen LogP contribution in [0.5, 0.6) is 0 Å². The van der Waals surface area contributed by atoms with E-state index in [0.29, 0.717) is 6.54 Å². The van der Waals surface area contributed by atoms with E-state index in [1.807, 2.05) is 61.0 Å². The molecule has 0 unspecified atom stereocenters. The van der Waals surface area contributed by atoms with Gasteiger partial charge in [0.15, 0.2) is 6.10 Å². The normalized spacial score (nSPS) is 20.8. The van der Waals surface area contributed by atoms with Crippen LogP contribution in [0.2, 0.25) is 0 Å². The largest absolute Gasteiger partial charge is 0.356 e.